The van der Waals surface area contributed by atoms with E-state index in [2.05, 4.69) is 16.1 Å². The van der Waals surface area contributed by atoms with Gasteiger partial charge in [-0.05, 0) is 6.07 Å². The second-order valence-corrected chi connectivity index (χ2v) is 3.19. The fourth-order valence-corrected chi connectivity index (χ4v) is 1.47. The summed E-state index contributed by atoms with van der Waals surface area (Å²) in [6.45, 7) is 0.167. The predicted molar refractivity (Wildman–Crippen MR) is 58.9 cm³/mol. The van der Waals surface area contributed by atoms with Gasteiger partial charge < -0.3 is 4.74 Å². The van der Waals surface area contributed by atoms with Crippen LogP contribution in [0.1, 0.15) is 0 Å². The van der Waals surface area contributed by atoms with Gasteiger partial charge in [-0.15, -0.1) is 16.6 Å². The molecule has 0 amide bonds. The molecule has 74 valence electrons. The van der Waals surface area contributed by atoms with Crippen molar-refractivity contribution in [3.63, 3.8) is 0 Å². The Hall–Kier alpha value is -1.79. The molecule has 1 heterocycles. The fraction of sp³-hybridized carbons (Fsp3) is 0.0909. The van der Waals surface area contributed by atoms with E-state index in [-0.39, 0.29) is 6.61 Å². The molecule has 0 aliphatic rings. The minimum atomic E-state index is 0.167. The predicted octanol–water partition coefficient (Wildman–Crippen LogP) is 2.30. The Kier molecular flexibility index (Phi) is 2.70. The minimum absolute atomic E-state index is 0.167. The number of fused-ring (bicyclic) bond motifs is 1. The normalized spacial score (nSPS) is 9.87. The van der Waals surface area contributed by atoms with Crippen LogP contribution in [0.5, 0.6) is 5.88 Å². The van der Waals surface area contributed by atoms with Crippen LogP contribution >= 0.6 is 11.6 Å². The van der Waals surface area contributed by atoms with Gasteiger partial charge in [0.1, 0.15) is 0 Å². The van der Waals surface area contributed by atoms with Gasteiger partial charge in [0, 0.05) is 10.8 Å². The molecule has 1 aromatic carbocycles. The lowest BCUT2D eigenvalue weighted by atomic mass is 10.2. The number of hydrogen-bond acceptors (Lipinski definition) is 3. The van der Waals surface area contributed by atoms with Gasteiger partial charge in [-0.2, -0.15) is 0 Å². The number of hydrogen-bond donors (Lipinski definition) is 0. The molecular formula is C11H7ClN2O. The van der Waals surface area contributed by atoms with Crippen LogP contribution in [0.3, 0.4) is 0 Å². The highest BCUT2D eigenvalue weighted by atomic mass is 35.5. The van der Waals surface area contributed by atoms with Gasteiger partial charge in [-0.3, -0.25) is 0 Å². The third kappa shape index (κ3) is 1.85. The van der Waals surface area contributed by atoms with Crippen molar-refractivity contribution in [2.75, 3.05) is 6.61 Å². The van der Waals surface area contributed by atoms with E-state index in [1.807, 2.05) is 24.3 Å². The Morgan fingerprint density at radius 2 is 2.00 bits per heavy atom. The zero-order valence-corrected chi connectivity index (χ0v) is 8.53. The van der Waals surface area contributed by atoms with E-state index in [1.54, 1.807) is 0 Å². The van der Waals surface area contributed by atoms with E-state index in [0.29, 0.717) is 11.0 Å². The molecule has 0 radical (unpaired) electrons. The maximum Gasteiger partial charge on any atom is 0.242 e. The van der Waals surface area contributed by atoms with E-state index in [1.165, 1.54) is 0 Å². The Morgan fingerprint density at radius 1 is 1.27 bits per heavy atom. The van der Waals surface area contributed by atoms with Gasteiger partial charge in [-0.25, -0.2) is 0 Å². The largest absolute Gasteiger partial charge is 0.463 e. The van der Waals surface area contributed by atoms with Gasteiger partial charge in [0.15, 0.2) is 11.8 Å². The number of halogens is 1. The average Bonchev–Trinajstić information content (AvgIpc) is 2.29. The highest BCUT2D eigenvalue weighted by Gasteiger charge is 2.07. The smallest absolute Gasteiger partial charge is 0.242 e. The van der Waals surface area contributed by atoms with Crippen LogP contribution < -0.4 is 4.74 Å². The summed E-state index contributed by atoms with van der Waals surface area (Å²) < 4.78 is 5.26. The van der Waals surface area contributed by atoms with Crippen LogP contribution in [0.4, 0.5) is 0 Å². The second kappa shape index (κ2) is 4.16. The molecular weight excluding hydrogens is 212 g/mol. The molecule has 0 aliphatic carbocycles. The summed E-state index contributed by atoms with van der Waals surface area (Å²) in [4.78, 5) is 0. The van der Waals surface area contributed by atoms with Crippen LogP contribution in [-0.4, -0.2) is 16.8 Å². The number of aromatic nitrogens is 2. The van der Waals surface area contributed by atoms with Gasteiger partial charge in [0.05, 0.1) is 0 Å². The van der Waals surface area contributed by atoms with Crippen LogP contribution in [-0.2, 0) is 0 Å². The molecule has 4 heteroatoms. The topological polar surface area (TPSA) is 35.0 Å². The summed E-state index contributed by atoms with van der Waals surface area (Å²) in [7, 11) is 0. The quantitative estimate of drug-likeness (QED) is 0.726. The Labute approximate surface area is 92.0 Å². The minimum Gasteiger partial charge on any atom is -0.463 e. The number of benzene rings is 1. The first-order valence-electron chi connectivity index (χ1n) is 4.30. The zero-order chi connectivity index (χ0) is 10.7. The highest BCUT2D eigenvalue weighted by molar-refractivity contribution is 6.34. The van der Waals surface area contributed by atoms with Crippen LogP contribution in [0.2, 0.25) is 5.15 Å². The molecule has 0 bridgehead atoms. The van der Waals surface area contributed by atoms with E-state index >= 15 is 0 Å². The first-order chi connectivity index (χ1) is 7.33. The summed E-state index contributed by atoms with van der Waals surface area (Å²) >= 11 is 5.89. The van der Waals surface area contributed by atoms with Gasteiger partial charge in [-0.1, -0.05) is 35.7 Å². The molecule has 0 fully saturated rings. The molecule has 0 saturated carbocycles. The van der Waals surface area contributed by atoms with E-state index in [0.717, 1.165) is 10.8 Å². The molecule has 1 aromatic heterocycles. The standard InChI is InChI=1S/C11H7ClN2O/c1-2-7-15-11-9-6-4-3-5-8(9)10(12)13-14-11/h1,3-6H,7H2. The molecule has 0 unspecified atom stereocenters. The van der Waals surface area contributed by atoms with Crippen molar-refractivity contribution in [1.82, 2.24) is 10.2 Å². The molecule has 0 saturated heterocycles. The first kappa shape index (κ1) is 9.75. The van der Waals surface area contributed by atoms with E-state index in [4.69, 9.17) is 22.8 Å². The van der Waals surface area contributed by atoms with Gasteiger partial charge in [0.2, 0.25) is 5.88 Å². The summed E-state index contributed by atoms with van der Waals surface area (Å²) in [6, 6.07) is 7.47. The Balaban J connectivity index is 2.57. The third-order valence-electron chi connectivity index (χ3n) is 1.90. The van der Waals surface area contributed by atoms with Crippen LogP contribution in [0, 0.1) is 12.3 Å². The van der Waals surface area contributed by atoms with Gasteiger partial charge >= 0.3 is 0 Å². The summed E-state index contributed by atoms with van der Waals surface area (Å²) in [6.07, 6.45) is 5.10. The monoisotopic (exact) mass is 218 g/mol. The lowest BCUT2D eigenvalue weighted by molar-refractivity contribution is 0.356. The lowest BCUT2D eigenvalue weighted by Crippen LogP contribution is -1.98. The summed E-state index contributed by atoms with van der Waals surface area (Å²) in [5.41, 5.74) is 0. The highest BCUT2D eigenvalue weighted by Crippen LogP contribution is 2.26. The average molecular weight is 219 g/mol. The third-order valence-corrected chi connectivity index (χ3v) is 2.18. The second-order valence-electron chi connectivity index (χ2n) is 2.83. The maximum atomic E-state index is 5.89. The number of nitrogens with zero attached hydrogens (tertiary/aromatic N) is 2. The Bertz CT molecular complexity index is 534. The van der Waals surface area contributed by atoms with Crippen molar-refractivity contribution < 1.29 is 4.74 Å². The van der Waals surface area contributed by atoms with Gasteiger partial charge in [0.25, 0.3) is 0 Å². The van der Waals surface area contributed by atoms with Crippen molar-refractivity contribution in [2.24, 2.45) is 0 Å². The van der Waals surface area contributed by atoms with Crippen molar-refractivity contribution in [3.05, 3.63) is 29.4 Å². The fourth-order valence-electron chi connectivity index (χ4n) is 1.26. The zero-order valence-electron chi connectivity index (χ0n) is 7.77. The molecule has 0 atom stereocenters. The molecule has 0 N–H and O–H groups in total. The number of ether oxygens (including phenoxy) is 1. The molecule has 2 rings (SSSR count). The van der Waals surface area contributed by atoms with Crippen LogP contribution in [0.25, 0.3) is 10.8 Å². The number of rotatable bonds is 2. The number of terminal acetylenes is 1. The first-order valence-corrected chi connectivity index (χ1v) is 4.68. The van der Waals surface area contributed by atoms with Crippen molar-refractivity contribution in [2.45, 2.75) is 0 Å². The molecule has 3 nitrogen and oxygen atoms in total. The maximum absolute atomic E-state index is 5.89. The molecule has 15 heavy (non-hydrogen) atoms. The van der Waals surface area contributed by atoms with Crippen molar-refractivity contribution >= 4 is 22.4 Å². The van der Waals surface area contributed by atoms with E-state index < -0.39 is 0 Å². The van der Waals surface area contributed by atoms with E-state index in [9.17, 15) is 0 Å². The molecule has 0 spiro atoms. The van der Waals surface area contributed by atoms with Crippen molar-refractivity contribution in [3.8, 4) is 18.2 Å². The summed E-state index contributed by atoms with van der Waals surface area (Å²) in [5.74, 6) is 2.78. The SMILES string of the molecule is C#CCOc1nnc(Cl)c2ccccc12. The Morgan fingerprint density at radius 3 is 2.73 bits per heavy atom. The van der Waals surface area contributed by atoms with Crippen LogP contribution in [0.15, 0.2) is 24.3 Å². The lowest BCUT2D eigenvalue weighted by Gasteiger charge is -2.04. The van der Waals surface area contributed by atoms with Crippen molar-refractivity contribution in [1.29, 1.82) is 0 Å². The molecule has 2 aromatic rings. The summed E-state index contributed by atoms with van der Waals surface area (Å²) in [5, 5.41) is 9.61. The molecule has 0 aliphatic heterocycles.